The summed E-state index contributed by atoms with van der Waals surface area (Å²) >= 11 is 0. The number of quaternary nitrogens is 1. The Labute approximate surface area is 150 Å². The fourth-order valence-corrected chi connectivity index (χ4v) is 3.94. The van der Waals surface area contributed by atoms with E-state index in [2.05, 4.69) is 14.0 Å². The number of esters is 1. The van der Waals surface area contributed by atoms with Crippen LogP contribution in [0.1, 0.15) is 37.7 Å². The molecule has 0 aliphatic carbocycles. The second-order valence-corrected chi connectivity index (χ2v) is 6.93. The zero-order valence-electron chi connectivity index (χ0n) is 13.5. The van der Waals surface area contributed by atoms with Gasteiger partial charge in [0, 0.05) is 18.8 Å². The normalized spacial score (nSPS) is 31.2. The molecule has 3 heterocycles. The summed E-state index contributed by atoms with van der Waals surface area (Å²) in [5, 5.41) is 0. The third-order valence-electron chi connectivity index (χ3n) is 5.39. The number of halogens is 1. The van der Waals surface area contributed by atoms with Crippen molar-refractivity contribution in [3.05, 3.63) is 35.9 Å². The summed E-state index contributed by atoms with van der Waals surface area (Å²) in [6.07, 6.45) is 3.34. The SMILES string of the molecule is CCC(C(=O)OC1C[N+]2(C)CCC1CC2)c1ccccc1.[I-]. The molecule has 3 fully saturated rings. The summed E-state index contributed by atoms with van der Waals surface area (Å²) < 4.78 is 7.02. The Balaban J connectivity index is 0.00000176. The molecule has 2 unspecified atom stereocenters. The van der Waals surface area contributed by atoms with Crippen LogP contribution >= 0.6 is 0 Å². The number of ether oxygens (including phenoxy) is 1. The van der Waals surface area contributed by atoms with Crippen LogP contribution in [-0.4, -0.2) is 43.2 Å². The highest BCUT2D eigenvalue weighted by Gasteiger charge is 2.45. The summed E-state index contributed by atoms with van der Waals surface area (Å²) in [7, 11) is 2.30. The molecule has 0 saturated carbocycles. The van der Waals surface area contributed by atoms with Gasteiger partial charge in [0.05, 0.1) is 26.1 Å². The van der Waals surface area contributed by atoms with Crippen molar-refractivity contribution in [3.8, 4) is 0 Å². The van der Waals surface area contributed by atoms with E-state index in [1.165, 1.54) is 25.9 Å². The Kier molecular flexibility index (Phi) is 5.88. The number of nitrogens with zero attached hydrogens (tertiary/aromatic N) is 1. The van der Waals surface area contributed by atoms with E-state index >= 15 is 0 Å². The van der Waals surface area contributed by atoms with Gasteiger partial charge in [0.2, 0.25) is 0 Å². The summed E-state index contributed by atoms with van der Waals surface area (Å²) in [5.74, 6) is 0.434. The molecule has 4 heteroatoms. The molecule has 1 aromatic carbocycles. The quantitative estimate of drug-likeness (QED) is 0.392. The largest absolute Gasteiger partial charge is 1.00 e. The second-order valence-electron chi connectivity index (χ2n) is 6.93. The van der Waals surface area contributed by atoms with E-state index < -0.39 is 0 Å². The minimum Gasteiger partial charge on any atom is -1.00 e. The van der Waals surface area contributed by atoms with Crippen molar-refractivity contribution >= 4 is 5.97 Å². The third kappa shape index (κ3) is 3.65. The standard InChI is InChI=1S/C18H26NO2.HI/c1-3-16(14-7-5-4-6-8-14)18(20)21-17-13-19(2)11-9-15(17)10-12-19;/h4-8,15-17H,3,9-13H2,1-2H3;1H/q+1;/p-1. The lowest BCUT2D eigenvalue weighted by atomic mass is 9.83. The molecule has 3 aliphatic rings. The van der Waals surface area contributed by atoms with E-state index in [9.17, 15) is 4.79 Å². The van der Waals surface area contributed by atoms with Gasteiger partial charge in [-0.05, 0) is 12.0 Å². The highest BCUT2D eigenvalue weighted by Crippen LogP contribution is 2.35. The van der Waals surface area contributed by atoms with Crippen LogP contribution in [-0.2, 0) is 9.53 Å². The maximum atomic E-state index is 12.6. The number of likely N-dealkylation sites (N-methyl/N-ethyl adjacent to an activating group) is 1. The van der Waals surface area contributed by atoms with Gasteiger partial charge in [-0.3, -0.25) is 4.79 Å². The van der Waals surface area contributed by atoms with E-state index in [1.54, 1.807) is 0 Å². The molecule has 4 rings (SSSR count). The molecule has 2 atom stereocenters. The highest BCUT2D eigenvalue weighted by atomic mass is 127. The van der Waals surface area contributed by atoms with Gasteiger partial charge in [0.1, 0.15) is 6.54 Å². The minimum atomic E-state index is -0.119. The van der Waals surface area contributed by atoms with Crippen LogP contribution < -0.4 is 24.0 Å². The topological polar surface area (TPSA) is 26.3 Å². The predicted molar refractivity (Wildman–Crippen MR) is 82.9 cm³/mol. The molecule has 1 aromatic rings. The highest BCUT2D eigenvalue weighted by molar-refractivity contribution is 5.78. The third-order valence-corrected chi connectivity index (χ3v) is 5.39. The van der Waals surface area contributed by atoms with Gasteiger partial charge < -0.3 is 33.2 Å². The molecular weight excluding hydrogens is 389 g/mol. The maximum absolute atomic E-state index is 12.6. The van der Waals surface area contributed by atoms with Gasteiger partial charge in [0.15, 0.2) is 6.10 Å². The van der Waals surface area contributed by atoms with Crippen LogP contribution in [0.2, 0.25) is 0 Å². The molecular formula is C18H26INO2. The first-order valence-electron chi connectivity index (χ1n) is 8.20. The zero-order chi connectivity index (χ0) is 14.9. The first kappa shape index (κ1) is 17.7. The number of piperidine rings is 3. The van der Waals surface area contributed by atoms with Crippen LogP contribution in [0.5, 0.6) is 0 Å². The molecule has 0 N–H and O–H groups in total. The molecule has 0 aromatic heterocycles. The van der Waals surface area contributed by atoms with Gasteiger partial charge in [-0.25, -0.2) is 0 Å². The number of fused-ring (bicyclic) bond motifs is 3. The van der Waals surface area contributed by atoms with E-state index in [1.807, 2.05) is 30.3 Å². The van der Waals surface area contributed by atoms with Crippen molar-refractivity contribution in [2.24, 2.45) is 5.92 Å². The fraction of sp³-hybridized carbons (Fsp3) is 0.611. The van der Waals surface area contributed by atoms with E-state index in [0.717, 1.165) is 23.0 Å². The molecule has 22 heavy (non-hydrogen) atoms. The van der Waals surface area contributed by atoms with Gasteiger partial charge in [-0.1, -0.05) is 37.3 Å². The van der Waals surface area contributed by atoms with E-state index in [4.69, 9.17) is 4.74 Å². The van der Waals surface area contributed by atoms with Gasteiger partial charge in [-0.2, -0.15) is 0 Å². The fourth-order valence-electron chi connectivity index (χ4n) is 3.94. The molecule has 3 saturated heterocycles. The number of carbonyl (C=O) groups is 1. The van der Waals surface area contributed by atoms with Gasteiger partial charge >= 0.3 is 5.97 Å². The summed E-state index contributed by atoms with van der Waals surface area (Å²) in [6, 6.07) is 10.0. The second kappa shape index (κ2) is 7.30. The van der Waals surface area contributed by atoms with Crippen LogP contribution in [0, 0.1) is 5.92 Å². The van der Waals surface area contributed by atoms with Crippen LogP contribution in [0.25, 0.3) is 0 Å². The summed E-state index contributed by atoms with van der Waals surface area (Å²) in [4.78, 5) is 12.6. The summed E-state index contributed by atoms with van der Waals surface area (Å²) in [5.41, 5.74) is 1.08. The first-order chi connectivity index (χ1) is 10.1. The molecule has 2 bridgehead atoms. The van der Waals surface area contributed by atoms with Gasteiger partial charge in [-0.15, -0.1) is 0 Å². The summed E-state index contributed by atoms with van der Waals surface area (Å²) in [6.45, 7) is 5.55. The van der Waals surface area contributed by atoms with Gasteiger partial charge in [0.25, 0.3) is 0 Å². The zero-order valence-corrected chi connectivity index (χ0v) is 15.7. The van der Waals surface area contributed by atoms with Crippen molar-refractivity contribution < 1.29 is 38.0 Å². The average Bonchev–Trinajstić information content (AvgIpc) is 2.49. The van der Waals surface area contributed by atoms with Crippen molar-refractivity contribution in [1.82, 2.24) is 0 Å². The van der Waals surface area contributed by atoms with Crippen molar-refractivity contribution in [3.63, 3.8) is 0 Å². The Morgan fingerprint density at radius 2 is 1.91 bits per heavy atom. The predicted octanol–water partition coefficient (Wildman–Crippen LogP) is -0.0338. The number of carbonyl (C=O) groups excluding carboxylic acids is 1. The smallest absolute Gasteiger partial charge is 0.313 e. The molecule has 0 radical (unpaired) electrons. The van der Waals surface area contributed by atoms with Crippen LogP contribution in [0.15, 0.2) is 30.3 Å². The number of benzene rings is 1. The van der Waals surface area contributed by atoms with Crippen molar-refractivity contribution in [2.75, 3.05) is 26.7 Å². The number of hydrogen-bond acceptors (Lipinski definition) is 2. The Bertz CT molecular complexity index is 497. The van der Waals surface area contributed by atoms with Crippen molar-refractivity contribution in [2.45, 2.75) is 38.2 Å². The lowest BCUT2D eigenvalue weighted by Crippen LogP contribution is -3.00. The van der Waals surface area contributed by atoms with E-state index in [0.29, 0.717) is 5.92 Å². The van der Waals surface area contributed by atoms with E-state index in [-0.39, 0.29) is 42.0 Å². The Morgan fingerprint density at radius 3 is 2.45 bits per heavy atom. The average molecular weight is 415 g/mol. The first-order valence-corrected chi connectivity index (χ1v) is 8.20. The lowest BCUT2D eigenvalue weighted by molar-refractivity contribution is -0.928. The van der Waals surface area contributed by atoms with Crippen LogP contribution in [0.3, 0.4) is 0 Å². The molecule has 0 spiro atoms. The van der Waals surface area contributed by atoms with Crippen molar-refractivity contribution in [1.29, 1.82) is 0 Å². The Morgan fingerprint density at radius 1 is 1.27 bits per heavy atom. The monoisotopic (exact) mass is 415 g/mol. The minimum absolute atomic E-state index is 0. The molecule has 122 valence electrons. The Hall–Kier alpha value is -0.620. The van der Waals surface area contributed by atoms with Crippen LogP contribution in [0.4, 0.5) is 0 Å². The lowest BCUT2D eigenvalue weighted by Gasteiger charge is -2.49. The maximum Gasteiger partial charge on any atom is 0.313 e. The number of rotatable bonds is 4. The molecule has 3 aliphatic heterocycles. The molecule has 3 nitrogen and oxygen atoms in total. The molecule has 0 amide bonds. The number of hydrogen-bond donors (Lipinski definition) is 0.